The van der Waals surface area contributed by atoms with Gasteiger partial charge in [0.1, 0.15) is 11.2 Å². The molecule has 2 aliphatic rings. The number of H-pyrrole nitrogens is 1. The molecule has 1 amide bonds. The monoisotopic (exact) mass is 351 g/mol. The molecule has 2 aliphatic heterocycles. The molecule has 134 valence electrons. The smallest absolute Gasteiger partial charge is 0.259 e. The Morgan fingerprint density at radius 3 is 2.73 bits per heavy atom. The minimum absolute atomic E-state index is 0.0859. The number of hydrogen-bond donors (Lipinski definition) is 2. The van der Waals surface area contributed by atoms with Crippen LogP contribution in [0, 0.1) is 0 Å². The largest absolute Gasteiger partial charge is 0.338 e. The number of benzene rings is 1. The summed E-state index contributed by atoms with van der Waals surface area (Å²) in [5.74, 6) is -0.0859. The van der Waals surface area contributed by atoms with Crippen molar-refractivity contribution >= 4 is 22.5 Å². The lowest BCUT2D eigenvalue weighted by Gasteiger charge is -2.35. The van der Waals surface area contributed by atoms with Gasteiger partial charge in [-0.15, -0.1) is 0 Å². The number of nitrogens with one attached hydrogen (secondary N) is 2. The van der Waals surface area contributed by atoms with Gasteiger partial charge in [0.15, 0.2) is 0 Å². The van der Waals surface area contributed by atoms with Crippen molar-refractivity contribution in [1.29, 1.82) is 0 Å². The van der Waals surface area contributed by atoms with Crippen molar-refractivity contribution in [2.45, 2.75) is 43.8 Å². The van der Waals surface area contributed by atoms with E-state index in [1.807, 2.05) is 30.1 Å². The van der Waals surface area contributed by atoms with E-state index in [1.54, 1.807) is 16.8 Å². The van der Waals surface area contributed by atoms with E-state index in [4.69, 9.17) is 0 Å². The van der Waals surface area contributed by atoms with E-state index in [0.717, 1.165) is 12.8 Å². The lowest BCUT2D eigenvalue weighted by atomic mass is 9.98. The standard InChI is InChI=1S/C19H21N5O2/c1-23(13-8-11-6-7-12(9-13)21-11)19(26)15-10-20-24-16-5-3-2-4-14(16)18(25)22-17(15)24/h2-5,10-13,21H,6-9H2,1H3,(H,22,25). The Balaban J connectivity index is 1.54. The zero-order chi connectivity index (χ0) is 17.8. The van der Waals surface area contributed by atoms with Crippen molar-refractivity contribution in [3.8, 4) is 0 Å². The first-order chi connectivity index (χ1) is 12.6. The number of piperidine rings is 1. The topological polar surface area (TPSA) is 82.5 Å². The second-order valence-electron chi connectivity index (χ2n) is 7.47. The van der Waals surface area contributed by atoms with E-state index < -0.39 is 0 Å². The summed E-state index contributed by atoms with van der Waals surface area (Å²) in [6, 6.07) is 8.53. The third-order valence-electron chi connectivity index (χ3n) is 5.92. The number of carbonyl (C=O) groups is 1. The summed E-state index contributed by atoms with van der Waals surface area (Å²) in [7, 11) is 1.86. The van der Waals surface area contributed by atoms with Crippen LogP contribution in [0.5, 0.6) is 0 Å². The summed E-state index contributed by atoms with van der Waals surface area (Å²) in [6.45, 7) is 0. The molecule has 5 rings (SSSR count). The molecule has 0 saturated carbocycles. The van der Waals surface area contributed by atoms with E-state index in [-0.39, 0.29) is 17.5 Å². The van der Waals surface area contributed by atoms with Crippen LogP contribution in [-0.4, -0.2) is 50.6 Å². The summed E-state index contributed by atoms with van der Waals surface area (Å²) in [4.78, 5) is 30.2. The second kappa shape index (κ2) is 5.67. The first-order valence-electron chi connectivity index (χ1n) is 9.14. The maximum absolute atomic E-state index is 13.1. The predicted molar refractivity (Wildman–Crippen MR) is 98.4 cm³/mol. The van der Waals surface area contributed by atoms with Gasteiger partial charge in [-0.1, -0.05) is 12.1 Å². The van der Waals surface area contributed by atoms with Crippen LogP contribution in [-0.2, 0) is 0 Å². The highest BCUT2D eigenvalue weighted by Crippen LogP contribution is 2.30. The van der Waals surface area contributed by atoms with Gasteiger partial charge in [0.25, 0.3) is 11.5 Å². The normalized spacial score (nSPS) is 25.0. The molecule has 0 radical (unpaired) electrons. The number of hydrogen-bond acceptors (Lipinski definition) is 4. The summed E-state index contributed by atoms with van der Waals surface area (Å²) in [5.41, 5.74) is 1.40. The molecule has 2 bridgehead atoms. The van der Waals surface area contributed by atoms with Gasteiger partial charge in [0, 0.05) is 25.2 Å². The van der Waals surface area contributed by atoms with E-state index >= 15 is 0 Å². The average Bonchev–Trinajstić information content (AvgIpc) is 3.23. The SMILES string of the molecule is CN(C(=O)c1cnn2c1[nH]c(=O)c1ccccc12)C1CC2CCC(C1)N2. The first-order valence-corrected chi connectivity index (χ1v) is 9.14. The Kier molecular flexibility index (Phi) is 3.40. The molecule has 2 saturated heterocycles. The van der Waals surface area contributed by atoms with Crippen LogP contribution in [0.3, 0.4) is 0 Å². The van der Waals surface area contributed by atoms with Crippen LogP contribution >= 0.6 is 0 Å². The molecule has 2 N–H and O–H groups in total. The second-order valence-corrected chi connectivity index (χ2v) is 7.47. The van der Waals surface area contributed by atoms with E-state index in [1.165, 1.54) is 12.8 Å². The van der Waals surface area contributed by atoms with Crippen molar-refractivity contribution in [2.75, 3.05) is 7.05 Å². The number of nitrogens with zero attached hydrogens (tertiary/aromatic N) is 3. The predicted octanol–water partition coefficient (Wildman–Crippen LogP) is 1.53. The zero-order valence-corrected chi connectivity index (χ0v) is 14.6. The van der Waals surface area contributed by atoms with E-state index in [2.05, 4.69) is 15.4 Å². The molecule has 2 atom stereocenters. The molecule has 7 heteroatoms. The van der Waals surface area contributed by atoms with Gasteiger partial charge in [-0.3, -0.25) is 9.59 Å². The van der Waals surface area contributed by atoms with Crippen LogP contribution in [0.25, 0.3) is 16.6 Å². The fraction of sp³-hybridized carbons (Fsp3) is 0.421. The highest BCUT2D eigenvalue weighted by atomic mass is 16.2. The minimum atomic E-state index is -0.204. The summed E-state index contributed by atoms with van der Waals surface area (Å²) in [6.07, 6.45) is 5.92. The van der Waals surface area contributed by atoms with E-state index in [0.29, 0.717) is 34.2 Å². The fourth-order valence-corrected chi connectivity index (χ4v) is 4.53. The van der Waals surface area contributed by atoms with Crippen LogP contribution in [0.1, 0.15) is 36.0 Å². The maximum atomic E-state index is 13.1. The maximum Gasteiger partial charge on any atom is 0.259 e. The van der Waals surface area contributed by atoms with Crippen molar-refractivity contribution in [1.82, 2.24) is 24.8 Å². The summed E-state index contributed by atoms with van der Waals surface area (Å²) in [5, 5.41) is 8.53. The number of amides is 1. The summed E-state index contributed by atoms with van der Waals surface area (Å²) >= 11 is 0. The van der Waals surface area contributed by atoms with Crippen LogP contribution < -0.4 is 10.9 Å². The van der Waals surface area contributed by atoms with Crippen molar-refractivity contribution < 1.29 is 4.79 Å². The number of rotatable bonds is 2. The number of aromatic amines is 1. The number of para-hydroxylation sites is 1. The van der Waals surface area contributed by atoms with Gasteiger partial charge in [-0.25, -0.2) is 4.52 Å². The zero-order valence-electron chi connectivity index (χ0n) is 14.6. The molecule has 0 spiro atoms. The highest BCUT2D eigenvalue weighted by molar-refractivity contribution is 6.00. The first kappa shape index (κ1) is 15.6. The van der Waals surface area contributed by atoms with Crippen molar-refractivity contribution in [3.63, 3.8) is 0 Å². The lowest BCUT2D eigenvalue weighted by molar-refractivity contribution is 0.0683. The van der Waals surface area contributed by atoms with Gasteiger partial charge in [0.05, 0.1) is 17.1 Å². The van der Waals surface area contributed by atoms with Crippen molar-refractivity contribution in [3.05, 3.63) is 46.4 Å². The van der Waals surface area contributed by atoms with Gasteiger partial charge in [-0.2, -0.15) is 5.10 Å². The van der Waals surface area contributed by atoms with Crippen LogP contribution in [0.2, 0.25) is 0 Å². The fourth-order valence-electron chi connectivity index (χ4n) is 4.53. The number of carbonyl (C=O) groups excluding carboxylic acids is 1. The molecule has 2 fully saturated rings. The Labute approximate surface area is 150 Å². The Bertz CT molecular complexity index is 1060. The molecule has 2 aromatic heterocycles. The Morgan fingerprint density at radius 2 is 1.96 bits per heavy atom. The van der Waals surface area contributed by atoms with Crippen LogP contribution in [0.15, 0.2) is 35.3 Å². The Morgan fingerprint density at radius 1 is 1.23 bits per heavy atom. The molecule has 4 heterocycles. The van der Waals surface area contributed by atoms with Crippen LogP contribution in [0.4, 0.5) is 0 Å². The minimum Gasteiger partial charge on any atom is -0.338 e. The molecule has 1 aromatic carbocycles. The lowest BCUT2D eigenvalue weighted by Crippen LogP contribution is -2.48. The molecule has 26 heavy (non-hydrogen) atoms. The Hall–Kier alpha value is -2.67. The summed E-state index contributed by atoms with van der Waals surface area (Å²) < 4.78 is 1.64. The highest BCUT2D eigenvalue weighted by Gasteiger charge is 2.37. The molecule has 3 aromatic rings. The van der Waals surface area contributed by atoms with Gasteiger partial charge in [0.2, 0.25) is 0 Å². The molecular formula is C19H21N5O2. The molecule has 7 nitrogen and oxygen atoms in total. The third kappa shape index (κ3) is 2.27. The van der Waals surface area contributed by atoms with Gasteiger partial charge in [-0.05, 0) is 37.8 Å². The quantitative estimate of drug-likeness (QED) is 0.734. The molecule has 0 aliphatic carbocycles. The van der Waals surface area contributed by atoms with Gasteiger partial charge >= 0.3 is 0 Å². The number of aromatic nitrogens is 3. The van der Waals surface area contributed by atoms with Crippen molar-refractivity contribution in [2.24, 2.45) is 0 Å². The van der Waals surface area contributed by atoms with Gasteiger partial charge < -0.3 is 15.2 Å². The molecular weight excluding hydrogens is 330 g/mol. The molecule has 2 unspecified atom stereocenters. The van der Waals surface area contributed by atoms with E-state index in [9.17, 15) is 9.59 Å². The average molecular weight is 351 g/mol. The third-order valence-corrected chi connectivity index (χ3v) is 5.92. The number of fused-ring (bicyclic) bond motifs is 5.